The summed E-state index contributed by atoms with van der Waals surface area (Å²) in [6.45, 7) is 8.77. The number of nitrogens with zero attached hydrogens (tertiary/aromatic N) is 1. The lowest BCUT2D eigenvalue weighted by Crippen LogP contribution is -2.50. The highest BCUT2D eigenvalue weighted by molar-refractivity contribution is 5.13. The fraction of sp³-hybridized carbons (Fsp3) is 0.655. The minimum atomic E-state index is 0.513. The van der Waals surface area contributed by atoms with Crippen LogP contribution in [0.1, 0.15) is 103 Å². The monoisotopic (exact) mass is 440 g/mol. The van der Waals surface area contributed by atoms with Crippen LogP contribution in [0.4, 0.5) is 0 Å². The lowest BCUT2D eigenvalue weighted by atomic mass is 10.0. The van der Waals surface area contributed by atoms with Crippen molar-refractivity contribution in [3.63, 3.8) is 0 Å². The Labute approximate surface area is 198 Å². The van der Waals surface area contributed by atoms with Crippen molar-refractivity contribution in [3.8, 4) is 24.1 Å². The molecule has 0 atom stereocenters. The van der Waals surface area contributed by atoms with Gasteiger partial charge in [-0.15, -0.1) is 0 Å². The van der Waals surface area contributed by atoms with Gasteiger partial charge in [-0.2, -0.15) is 0 Å². The van der Waals surface area contributed by atoms with Crippen LogP contribution in [0.3, 0.4) is 0 Å². The molecule has 0 unspecified atom stereocenters. The molecule has 0 saturated heterocycles. The number of ether oxygens (including phenoxy) is 2. The van der Waals surface area contributed by atoms with E-state index in [1.165, 1.54) is 76.2 Å². The van der Waals surface area contributed by atoms with E-state index in [2.05, 4.69) is 61.3 Å². The second kappa shape index (κ2) is 19.6. The smallest absolute Gasteiger partial charge is 0.237 e. The number of hydrogen-bond donors (Lipinski definition) is 0. The average molecular weight is 441 g/mol. The molecule has 1 rings (SSSR count). The first-order valence-corrected chi connectivity index (χ1v) is 12.7. The Kier molecular flexibility index (Phi) is 17.1. The van der Waals surface area contributed by atoms with Gasteiger partial charge in [0.25, 0.3) is 0 Å². The number of rotatable bonds is 19. The van der Waals surface area contributed by atoms with Gasteiger partial charge in [0.1, 0.15) is 18.8 Å². The van der Waals surface area contributed by atoms with Crippen LogP contribution in [0.25, 0.3) is 0 Å². The van der Waals surface area contributed by atoms with Crippen LogP contribution in [0, 0.1) is 24.1 Å². The molecule has 0 bridgehead atoms. The van der Waals surface area contributed by atoms with Crippen LogP contribution in [-0.2, 0) is 16.0 Å². The second-order valence-electron chi connectivity index (χ2n) is 8.85. The zero-order chi connectivity index (χ0) is 23.2. The summed E-state index contributed by atoms with van der Waals surface area (Å²) < 4.78 is 12.1. The van der Waals surface area contributed by atoms with Crippen LogP contribution in [0.2, 0.25) is 0 Å². The third kappa shape index (κ3) is 14.1. The van der Waals surface area contributed by atoms with Crippen molar-refractivity contribution in [2.24, 2.45) is 0 Å². The fourth-order valence-electron chi connectivity index (χ4n) is 4.08. The summed E-state index contributed by atoms with van der Waals surface area (Å²) in [6, 6.07) is 10.6. The number of hydrogen-bond acceptors (Lipinski definition) is 2. The van der Waals surface area contributed by atoms with Gasteiger partial charge in [0.2, 0.25) is 13.5 Å². The Balaban J connectivity index is 2.45. The third-order valence-electron chi connectivity index (χ3n) is 5.87. The van der Waals surface area contributed by atoms with E-state index in [-0.39, 0.29) is 0 Å². The van der Waals surface area contributed by atoms with E-state index in [1.807, 2.05) is 0 Å². The molecule has 0 N–H and O–H groups in total. The maximum absolute atomic E-state index is 5.69. The molecule has 0 saturated carbocycles. The van der Waals surface area contributed by atoms with E-state index in [9.17, 15) is 0 Å². The van der Waals surface area contributed by atoms with Crippen molar-refractivity contribution in [2.75, 3.05) is 20.0 Å². The van der Waals surface area contributed by atoms with Crippen LogP contribution in [0.5, 0.6) is 0 Å². The summed E-state index contributed by atoms with van der Waals surface area (Å²) in [6.07, 6.45) is 21.8. The normalized spacial score (nSPS) is 10.6. The Morgan fingerprint density at radius 1 is 0.656 bits per heavy atom. The molecular weight excluding hydrogens is 394 g/mol. The first-order chi connectivity index (χ1) is 15.8. The SMILES string of the molecule is CC#COC[N+](CCCCCCCCCCCCCC)(COC#CC)Cc1ccccc1. The molecule has 0 aliphatic heterocycles. The number of quaternary nitrogens is 1. The zero-order valence-corrected chi connectivity index (χ0v) is 21.0. The van der Waals surface area contributed by atoms with Crippen molar-refractivity contribution in [3.05, 3.63) is 35.9 Å². The maximum atomic E-state index is 5.69. The van der Waals surface area contributed by atoms with Gasteiger partial charge in [-0.1, -0.05) is 113 Å². The van der Waals surface area contributed by atoms with Gasteiger partial charge in [-0.3, -0.25) is 4.48 Å². The lowest BCUT2D eigenvalue weighted by Gasteiger charge is -2.35. The van der Waals surface area contributed by atoms with Gasteiger partial charge < -0.3 is 9.47 Å². The minimum Gasteiger partial charge on any atom is -0.395 e. The van der Waals surface area contributed by atoms with Gasteiger partial charge in [0.05, 0.1) is 6.54 Å². The molecule has 0 fully saturated rings. The second-order valence-corrected chi connectivity index (χ2v) is 8.85. The van der Waals surface area contributed by atoms with Gasteiger partial charge in [0.15, 0.2) is 0 Å². The standard InChI is InChI=1S/C29H46NO2/c1-4-7-8-9-10-11-12-13-14-15-16-20-23-30(27-31-24-5-2,28-32-25-6-3)26-29-21-18-17-19-22-29/h17-19,21-22H,4,7-16,20,23,26-28H2,1-3H3/q+1. The van der Waals surface area contributed by atoms with Gasteiger partial charge in [-0.05, 0) is 12.8 Å². The first-order valence-electron chi connectivity index (χ1n) is 12.7. The van der Waals surface area contributed by atoms with Gasteiger partial charge >= 0.3 is 0 Å². The molecule has 0 aromatic heterocycles. The molecule has 3 nitrogen and oxygen atoms in total. The van der Waals surface area contributed by atoms with Crippen molar-refractivity contribution < 1.29 is 14.0 Å². The first kappa shape index (κ1) is 27.9. The summed E-state index contributed by atoms with van der Waals surface area (Å²) in [7, 11) is 0. The van der Waals surface area contributed by atoms with Crippen LogP contribution >= 0.6 is 0 Å². The molecule has 0 aliphatic carbocycles. The molecule has 1 aromatic carbocycles. The van der Waals surface area contributed by atoms with Crippen LogP contribution in [-0.4, -0.2) is 24.5 Å². The van der Waals surface area contributed by atoms with E-state index in [0.717, 1.165) is 19.5 Å². The molecule has 178 valence electrons. The van der Waals surface area contributed by atoms with Crippen molar-refractivity contribution in [1.82, 2.24) is 0 Å². The summed E-state index contributed by atoms with van der Waals surface area (Å²) in [5.74, 6) is 5.67. The van der Waals surface area contributed by atoms with E-state index >= 15 is 0 Å². The highest BCUT2D eigenvalue weighted by Crippen LogP contribution is 2.19. The summed E-state index contributed by atoms with van der Waals surface area (Å²) >= 11 is 0. The molecule has 3 heteroatoms. The van der Waals surface area contributed by atoms with E-state index in [4.69, 9.17) is 9.47 Å². The summed E-state index contributed by atoms with van der Waals surface area (Å²) in [5.41, 5.74) is 1.28. The van der Waals surface area contributed by atoms with Crippen LogP contribution < -0.4 is 0 Å². The summed E-state index contributed by atoms with van der Waals surface area (Å²) in [4.78, 5) is 0. The Bertz CT molecular complexity index is 654. The molecule has 0 aliphatic rings. The molecular formula is C29H46NO2+. The molecule has 1 aromatic rings. The topological polar surface area (TPSA) is 18.5 Å². The predicted molar refractivity (Wildman–Crippen MR) is 135 cm³/mol. The highest BCUT2D eigenvalue weighted by Gasteiger charge is 2.29. The van der Waals surface area contributed by atoms with E-state index in [1.54, 1.807) is 13.8 Å². The predicted octanol–water partition coefficient (Wildman–Crippen LogP) is 7.61. The van der Waals surface area contributed by atoms with Gasteiger partial charge in [-0.25, -0.2) is 0 Å². The van der Waals surface area contributed by atoms with Crippen molar-refractivity contribution in [1.29, 1.82) is 0 Å². The van der Waals surface area contributed by atoms with E-state index < -0.39 is 0 Å². The third-order valence-corrected chi connectivity index (χ3v) is 5.87. The zero-order valence-electron chi connectivity index (χ0n) is 21.0. The fourth-order valence-corrected chi connectivity index (χ4v) is 4.08. The molecule has 0 amide bonds. The maximum Gasteiger partial charge on any atom is 0.237 e. The average Bonchev–Trinajstić information content (AvgIpc) is 2.81. The quantitative estimate of drug-likeness (QED) is 0.0953. The molecule has 0 spiro atoms. The Morgan fingerprint density at radius 3 is 1.59 bits per heavy atom. The molecule has 0 radical (unpaired) electrons. The van der Waals surface area contributed by atoms with Crippen LogP contribution in [0.15, 0.2) is 30.3 Å². The Morgan fingerprint density at radius 2 is 1.12 bits per heavy atom. The van der Waals surface area contributed by atoms with E-state index in [0.29, 0.717) is 17.9 Å². The number of benzene rings is 1. The summed E-state index contributed by atoms with van der Waals surface area (Å²) in [5, 5.41) is 0. The Hall–Kier alpha value is -2.10. The van der Waals surface area contributed by atoms with Gasteiger partial charge in [0, 0.05) is 19.4 Å². The minimum absolute atomic E-state index is 0.513. The largest absolute Gasteiger partial charge is 0.395 e. The van der Waals surface area contributed by atoms with Crippen molar-refractivity contribution >= 4 is 0 Å². The lowest BCUT2D eigenvalue weighted by molar-refractivity contribution is -0.971. The number of unbranched alkanes of at least 4 members (excludes halogenated alkanes) is 11. The molecule has 32 heavy (non-hydrogen) atoms. The van der Waals surface area contributed by atoms with Crippen molar-refractivity contribution in [2.45, 2.75) is 104 Å². The molecule has 0 heterocycles. The highest BCUT2D eigenvalue weighted by atomic mass is 16.5.